The lowest BCUT2D eigenvalue weighted by Gasteiger charge is -2.23. The molecule has 0 aliphatic carbocycles. The fourth-order valence-corrected chi connectivity index (χ4v) is 5.81. The predicted molar refractivity (Wildman–Crippen MR) is 83.1 cm³/mol. The van der Waals surface area contributed by atoms with Gasteiger partial charge in [-0.05, 0) is 25.0 Å². The van der Waals surface area contributed by atoms with E-state index in [1.54, 1.807) is 0 Å². The maximum Gasteiger partial charge on any atom is 0.244 e. The number of sulfonamides is 1. The van der Waals surface area contributed by atoms with Gasteiger partial charge in [-0.1, -0.05) is 39.1 Å². The van der Waals surface area contributed by atoms with Crippen molar-refractivity contribution in [1.82, 2.24) is 4.31 Å². The summed E-state index contributed by atoms with van der Waals surface area (Å²) in [6.07, 6.45) is 1.40. The molecule has 20 heavy (non-hydrogen) atoms. The van der Waals surface area contributed by atoms with Gasteiger partial charge in [-0.3, -0.25) is 0 Å². The van der Waals surface area contributed by atoms with Crippen molar-refractivity contribution in [3.63, 3.8) is 0 Å². The first kappa shape index (κ1) is 16.5. The number of aliphatic hydroxyl groups is 1. The molecule has 0 radical (unpaired) electrons. The van der Waals surface area contributed by atoms with Gasteiger partial charge in [-0.15, -0.1) is 0 Å². The minimum Gasteiger partial charge on any atom is -0.395 e. The highest BCUT2D eigenvalue weighted by molar-refractivity contribution is 9.08. The summed E-state index contributed by atoms with van der Waals surface area (Å²) in [6, 6.07) is 2.57. The largest absolute Gasteiger partial charge is 0.395 e. The third-order valence-corrected chi connectivity index (χ3v) is 6.86. The van der Waals surface area contributed by atoms with Crippen molar-refractivity contribution in [2.24, 2.45) is 0 Å². The molecule has 1 fully saturated rings. The molecule has 1 saturated heterocycles. The Bertz CT molecular complexity index is 609. The van der Waals surface area contributed by atoms with Gasteiger partial charge >= 0.3 is 0 Å². The van der Waals surface area contributed by atoms with Crippen LogP contribution in [0.2, 0.25) is 10.0 Å². The molecule has 112 valence electrons. The van der Waals surface area contributed by atoms with Crippen LogP contribution >= 0.6 is 39.1 Å². The number of aliphatic hydroxyl groups excluding tert-OH is 1. The molecule has 0 bridgehead atoms. The van der Waals surface area contributed by atoms with Crippen LogP contribution in [0, 0.1) is 0 Å². The van der Waals surface area contributed by atoms with Crippen LogP contribution in [0.25, 0.3) is 0 Å². The van der Waals surface area contributed by atoms with E-state index in [0.29, 0.717) is 28.9 Å². The minimum absolute atomic E-state index is 0.0402. The van der Waals surface area contributed by atoms with Gasteiger partial charge in [0.05, 0.1) is 11.6 Å². The molecule has 1 aromatic carbocycles. The van der Waals surface area contributed by atoms with Crippen molar-refractivity contribution in [1.29, 1.82) is 0 Å². The molecule has 4 nitrogen and oxygen atoms in total. The van der Waals surface area contributed by atoms with Gasteiger partial charge in [-0.2, -0.15) is 4.31 Å². The molecule has 0 spiro atoms. The first-order chi connectivity index (χ1) is 9.43. The highest BCUT2D eigenvalue weighted by Crippen LogP contribution is 2.35. The van der Waals surface area contributed by atoms with Crippen molar-refractivity contribution >= 4 is 49.2 Å². The minimum atomic E-state index is -3.72. The van der Waals surface area contributed by atoms with Gasteiger partial charge < -0.3 is 5.11 Å². The van der Waals surface area contributed by atoms with Gasteiger partial charge in [0, 0.05) is 28.5 Å². The van der Waals surface area contributed by atoms with E-state index in [1.807, 2.05) is 0 Å². The molecule has 0 saturated carbocycles. The van der Waals surface area contributed by atoms with Gasteiger partial charge in [0.1, 0.15) is 4.90 Å². The summed E-state index contributed by atoms with van der Waals surface area (Å²) >= 11 is 15.4. The average Bonchev–Trinajstić information content (AvgIpc) is 2.88. The van der Waals surface area contributed by atoms with Crippen LogP contribution in [0.15, 0.2) is 17.0 Å². The molecule has 1 atom stereocenters. The highest BCUT2D eigenvalue weighted by Gasteiger charge is 2.36. The Labute approximate surface area is 136 Å². The zero-order valence-electron chi connectivity index (χ0n) is 10.5. The summed E-state index contributed by atoms with van der Waals surface area (Å²) < 4.78 is 26.7. The Kier molecular flexibility index (Phi) is 5.37. The van der Waals surface area contributed by atoms with Crippen LogP contribution < -0.4 is 0 Å². The Morgan fingerprint density at radius 1 is 1.40 bits per heavy atom. The molecule has 0 amide bonds. The van der Waals surface area contributed by atoms with E-state index in [4.69, 9.17) is 23.2 Å². The van der Waals surface area contributed by atoms with Crippen LogP contribution in [-0.4, -0.2) is 37.0 Å². The van der Waals surface area contributed by atoms with Crippen molar-refractivity contribution in [2.75, 3.05) is 13.2 Å². The van der Waals surface area contributed by atoms with Crippen molar-refractivity contribution in [2.45, 2.75) is 29.1 Å². The molecular formula is C12H14BrCl2NO3S. The van der Waals surface area contributed by atoms with E-state index in [0.717, 1.165) is 6.42 Å². The second kappa shape index (κ2) is 6.50. The SMILES string of the molecule is O=S(=O)(c1ccc(Cl)c(CBr)c1Cl)N1CCC[C@H]1CO. The summed E-state index contributed by atoms with van der Waals surface area (Å²) in [7, 11) is -3.72. The standard InChI is InChI=1S/C12H14BrCl2NO3S/c13-6-9-10(14)3-4-11(12(9)15)20(18,19)16-5-1-2-8(16)7-17/h3-4,8,17H,1-2,5-7H2/t8-/m0/s1. The van der Waals surface area contributed by atoms with E-state index in [2.05, 4.69) is 15.9 Å². The van der Waals surface area contributed by atoms with E-state index in [-0.39, 0.29) is 22.6 Å². The Morgan fingerprint density at radius 3 is 2.70 bits per heavy atom. The maximum absolute atomic E-state index is 12.7. The first-order valence-electron chi connectivity index (χ1n) is 6.09. The van der Waals surface area contributed by atoms with Gasteiger partial charge in [-0.25, -0.2) is 8.42 Å². The number of halogens is 3. The van der Waals surface area contributed by atoms with Crippen LogP contribution in [0.5, 0.6) is 0 Å². The van der Waals surface area contributed by atoms with Crippen molar-refractivity contribution in [3.8, 4) is 0 Å². The molecular weight excluding hydrogens is 389 g/mol. The average molecular weight is 403 g/mol. The smallest absolute Gasteiger partial charge is 0.244 e. The number of nitrogens with zero attached hydrogens (tertiary/aromatic N) is 1. The molecule has 1 N–H and O–H groups in total. The number of hydrogen-bond acceptors (Lipinski definition) is 3. The van der Waals surface area contributed by atoms with Crippen LogP contribution in [0.3, 0.4) is 0 Å². The highest BCUT2D eigenvalue weighted by atomic mass is 79.9. The second-order valence-corrected chi connectivity index (χ2v) is 7.77. The Morgan fingerprint density at radius 2 is 2.10 bits per heavy atom. The van der Waals surface area contributed by atoms with E-state index >= 15 is 0 Å². The summed E-state index contributed by atoms with van der Waals surface area (Å²) in [5.74, 6) is 0. The normalized spacial score (nSPS) is 20.5. The number of alkyl halides is 1. The fourth-order valence-electron chi connectivity index (χ4n) is 2.33. The maximum atomic E-state index is 12.7. The molecule has 2 rings (SSSR count). The quantitative estimate of drug-likeness (QED) is 0.787. The Balaban J connectivity index is 2.50. The van der Waals surface area contributed by atoms with Gasteiger partial charge in [0.15, 0.2) is 0 Å². The predicted octanol–water partition coefficient (Wildman–Crippen LogP) is 3.03. The summed E-state index contributed by atoms with van der Waals surface area (Å²) in [6.45, 7) is 0.214. The van der Waals surface area contributed by atoms with Gasteiger partial charge in [0.2, 0.25) is 10.0 Å². The summed E-state index contributed by atoms with van der Waals surface area (Å²) in [4.78, 5) is 0.0402. The van der Waals surface area contributed by atoms with Crippen LogP contribution in [0.1, 0.15) is 18.4 Å². The summed E-state index contributed by atoms with van der Waals surface area (Å²) in [5.41, 5.74) is 0.550. The van der Waals surface area contributed by atoms with Crippen LogP contribution in [0.4, 0.5) is 0 Å². The topological polar surface area (TPSA) is 57.6 Å². The molecule has 0 aromatic heterocycles. The van der Waals surface area contributed by atoms with E-state index in [1.165, 1.54) is 16.4 Å². The van der Waals surface area contributed by atoms with Crippen LogP contribution in [-0.2, 0) is 15.4 Å². The Hall–Kier alpha value is 0.150. The van der Waals surface area contributed by atoms with Crippen molar-refractivity contribution < 1.29 is 13.5 Å². The lowest BCUT2D eigenvalue weighted by molar-refractivity contribution is 0.213. The number of hydrogen-bond donors (Lipinski definition) is 1. The van der Waals surface area contributed by atoms with Crippen molar-refractivity contribution in [3.05, 3.63) is 27.7 Å². The third kappa shape index (κ3) is 2.87. The third-order valence-electron chi connectivity index (χ3n) is 3.40. The lowest BCUT2D eigenvalue weighted by atomic mass is 10.2. The number of benzene rings is 1. The first-order valence-corrected chi connectivity index (χ1v) is 9.40. The molecule has 8 heteroatoms. The van der Waals surface area contributed by atoms with E-state index < -0.39 is 10.0 Å². The lowest BCUT2D eigenvalue weighted by Crippen LogP contribution is -2.37. The molecule has 1 aromatic rings. The molecule has 1 aliphatic heterocycles. The zero-order valence-corrected chi connectivity index (χ0v) is 14.4. The fraction of sp³-hybridized carbons (Fsp3) is 0.500. The molecule has 0 unspecified atom stereocenters. The van der Waals surface area contributed by atoms with E-state index in [9.17, 15) is 13.5 Å². The second-order valence-electron chi connectivity index (χ2n) is 4.57. The molecule has 1 heterocycles. The van der Waals surface area contributed by atoms with Gasteiger partial charge in [0.25, 0.3) is 0 Å². The number of rotatable bonds is 4. The summed E-state index contributed by atoms with van der Waals surface area (Å²) in [5, 5.41) is 10.2. The zero-order chi connectivity index (χ0) is 14.9. The molecule has 1 aliphatic rings. The monoisotopic (exact) mass is 401 g/mol.